The molecule has 8 heteroatoms. The van der Waals surface area contributed by atoms with Crippen LogP contribution in [0.4, 0.5) is 5.69 Å². The van der Waals surface area contributed by atoms with Gasteiger partial charge in [0, 0.05) is 24.6 Å². The van der Waals surface area contributed by atoms with Crippen LogP contribution >= 0.6 is 11.8 Å². The molecule has 3 aromatic rings. The van der Waals surface area contributed by atoms with E-state index >= 15 is 0 Å². The van der Waals surface area contributed by atoms with Crippen LogP contribution < -0.4 is 10.1 Å². The Bertz CT molecular complexity index is 1380. The minimum absolute atomic E-state index is 0.0191. The Labute approximate surface area is 220 Å². The van der Waals surface area contributed by atoms with Crippen LogP contribution in [0.2, 0.25) is 0 Å². The third-order valence-electron chi connectivity index (χ3n) is 6.41. The van der Waals surface area contributed by atoms with E-state index in [4.69, 9.17) is 9.84 Å². The molecule has 2 heterocycles. The van der Waals surface area contributed by atoms with Crippen molar-refractivity contribution in [2.75, 3.05) is 12.4 Å². The molecule has 2 atom stereocenters. The maximum atomic E-state index is 12.8. The van der Waals surface area contributed by atoms with Gasteiger partial charge in [0.1, 0.15) is 11.0 Å². The fourth-order valence-electron chi connectivity index (χ4n) is 4.34. The highest BCUT2D eigenvalue weighted by molar-refractivity contribution is 8.15. The third kappa shape index (κ3) is 5.59. The van der Waals surface area contributed by atoms with E-state index < -0.39 is 5.25 Å². The Balaban J connectivity index is 1.34. The summed E-state index contributed by atoms with van der Waals surface area (Å²) in [5.41, 5.74) is 6.08. The molecule has 5 rings (SSSR count). The zero-order valence-corrected chi connectivity index (χ0v) is 21.8. The number of nitrogens with zero attached hydrogens (tertiary/aromatic N) is 3. The highest BCUT2D eigenvalue weighted by atomic mass is 32.2. The zero-order chi connectivity index (χ0) is 25.9. The first kappa shape index (κ1) is 24.8. The van der Waals surface area contributed by atoms with Crippen LogP contribution in [0, 0.1) is 13.8 Å². The Morgan fingerprint density at radius 3 is 2.46 bits per heavy atom. The first-order valence-corrected chi connectivity index (χ1v) is 13.0. The molecule has 7 nitrogen and oxygen atoms in total. The molecule has 0 unspecified atom stereocenters. The van der Waals surface area contributed by atoms with Crippen LogP contribution in [0.1, 0.15) is 41.1 Å². The number of carbonyl (C=O) groups excluding carboxylic acids is 2. The van der Waals surface area contributed by atoms with Crippen molar-refractivity contribution in [1.29, 1.82) is 0 Å². The van der Waals surface area contributed by atoms with Gasteiger partial charge in [-0.1, -0.05) is 77.5 Å². The number of carbonyl (C=O) groups is 2. The summed E-state index contributed by atoms with van der Waals surface area (Å²) in [6.07, 6.45) is 0.714. The van der Waals surface area contributed by atoms with Crippen molar-refractivity contribution in [3.63, 3.8) is 0 Å². The second kappa shape index (κ2) is 10.6. The molecule has 1 N–H and O–H groups in total. The number of nitrogens with one attached hydrogen (secondary N) is 1. The molecule has 0 aromatic heterocycles. The predicted molar refractivity (Wildman–Crippen MR) is 148 cm³/mol. The number of aliphatic imine (C=N–C) groups is 1. The summed E-state index contributed by atoms with van der Waals surface area (Å²) in [5, 5.41) is 9.54. The maximum absolute atomic E-state index is 12.8. The lowest BCUT2D eigenvalue weighted by Gasteiger charge is -2.23. The van der Waals surface area contributed by atoms with Crippen molar-refractivity contribution in [2.24, 2.45) is 10.1 Å². The largest absolute Gasteiger partial charge is 0.497 e. The number of amidine groups is 1. The number of anilines is 1. The number of rotatable bonds is 6. The Morgan fingerprint density at radius 2 is 1.76 bits per heavy atom. The lowest BCUT2D eigenvalue weighted by atomic mass is 9.97. The second-order valence-corrected chi connectivity index (χ2v) is 10.4. The highest BCUT2D eigenvalue weighted by Crippen LogP contribution is 2.38. The molecule has 0 aliphatic carbocycles. The van der Waals surface area contributed by atoms with E-state index in [1.165, 1.54) is 22.9 Å². The minimum Gasteiger partial charge on any atom is -0.497 e. The summed E-state index contributed by atoms with van der Waals surface area (Å²) in [7, 11) is 1.57. The molecule has 188 valence electrons. The minimum atomic E-state index is -0.599. The number of thioether (sulfide) groups is 1. The van der Waals surface area contributed by atoms with Crippen LogP contribution in [-0.2, 0) is 9.59 Å². The van der Waals surface area contributed by atoms with E-state index in [1.807, 2.05) is 5.01 Å². The Kier molecular flexibility index (Phi) is 7.10. The van der Waals surface area contributed by atoms with Crippen LogP contribution in [0.25, 0.3) is 0 Å². The number of ether oxygens (including phenoxy) is 1. The molecule has 2 aliphatic rings. The van der Waals surface area contributed by atoms with Crippen molar-refractivity contribution < 1.29 is 14.3 Å². The van der Waals surface area contributed by atoms with Crippen LogP contribution in [0.3, 0.4) is 0 Å². The fourth-order valence-corrected chi connectivity index (χ4v) is 5.40. The topological polar surface area (TPSA) is 83.4 Å². The number of hydrogen-bond acceptors (Lipinski definition) is 6. The molecule has 2 amide bonds. The third-order valence-corrected chi connectivity index (χ3v) is 7.55. The monoisotopic (exact) mass is 512 g/mol. The SMILES string of the molecule is COc1cccc(NC(=O)C[C@@H]2SC(N3N=C(c4ccc(C)cc4)C[C@@H]3c3ccc(C)cc3)=NC2=O)c1. The number of benzene rings is 3. The van der Waals surface area contributed by atoms with Crippen molar-refractivity contribution in [3.8, 4) is 5.75 Å². The standard InChI is InChI=1S/C29H28N4O3S/c1-18-7-11-20(12-8-18)24-16-25(21-13-9-19(2)10-14-21)33(32-24)29-31-28(35)26(37-29)17-27(34)30-22-5-4-6-23(15-22)36-3/h4-15,25-26H,16-17H2,1-3H3,(H,30,34)/t25-,26+/m1/s1. The second-order valence-electron chi connectivity index (χ2n) is 9.21. The smallest absolute Gasteiger partial charge is 0.262 e. The molecule has 0 spiro atoms. The molecule has 0 radical (unpaired) electrons. The van der Waals surface area contributed by atoms with Gasteiger partial charge in [0.2, 0.25) is 5.91 Å². The summed E-state index contributed by atoms with van der Waals surface area (Å²) in [6, 6.07) is 23.7. The van der Waals surface area contributed by atoms with Crippen molar-refractivity contribution in [2.45, 2.75) is 38.0 Å². The van der Waals surface area contributed by atoms with Gasteiger partial charge in [-0.25, -0.2) is 5.01 Å². The summed E-state index contributed by atoms with van der Waals surface area (Å²) in [6.45, 7) is 4.11. The number of amides is 2. The van der Waals surface area contributed by atoms with E-state index in [2.05, 4.69) is 72.7 Å². The van der Waals surface area contributed by atoms with E-state index in [9.17, 15) is 9.59 Å². The van der Waals surface area contributed by atoms with Crippen LogP contribution in [0.5, 0.6) is 5.75 Å². The zero-order valence-electron chi connectivity index (χ0n) is 21.0. The molecular formula is C29H28N4O3S. The molecule has 0 saturated carbocycles. The van der Waals surface area contributed by atoms with Gasteiger partial charge >= 0.3 is 0 Å². The summed E-state index contributed by atoms with van der Waals surface area (Å²) < 4.78 is 5.21. The molecule has 0 saturated heterocycles. The molecular weight excluding hydrogens is 484 g/mol. The number of hydrazone groups is 1. The van der Waals surface area contributed by atoms with E-state index in [0.29, 0.717) is 23.0 Å². The van der Waals surface area contributed by atoms with Crippen molar-refractivity contribution >= 4 is 40.1 Å². The summed E-state index contributed by atoms with van der Waals surface area (Å²) >= 11 is 1.30. The fraction of sp³-hybridized carbons (Fsp3) is 0.241. The lowest BCUT2D eigenvalue weighted by molar-refractivity contribution is -0.121. The van der Waals surface area contributed by atoms with Gasteiger partial charge in [0.15, 0.2) is 5.17 Å². The van der Waals surface area contributed by atoms with Gasteiger partial charge in [0.05, 0.1) is 18.9 Å². The molecule has 3 aromatic carbocycles. The highest BCUT2D eigenvalue weighted by Gasteiger charge is 2.39. The average molecular weight is 513 g/mol. The lowest BCUT2D eigenvalue weighted by Crippen LogP contribution is -2.25. The van der Waals surface area contributed by atoms with Crippen molar-refractivity contribution in [3.05, 3.63) is 95.1 Å². The molecule has 2 aliphatic heterocycles. The summed E-state index contributed by atoms with van der Waals surface area (Å²) in [4.78, 5) is 29.9. The predicted octanol–water partition coefficient (Wildman–Crippen LogP) is 5.49. The van der Waals surface area contributed by atoms with E-state index in [-0.39, 0.29) is 24.3 Å². The number of aryl methyl sites for hydroxylation is 2. The van der Waals surface area contributed by atoms with E-state index in [0.717, 1.165) is 16.8 Å². The Morgan fingerprint density at radius 1 is 1.05 bits per heavy atom. The molecule has 37 heavy (non-hydrogen) atoms. The number of methoxy groups -OCH3 is 1. The normalized spacial score (nSPS) is 19.0. The van der Waals surface area contributed by atoms with Gasteiger partial charge in [0.25, 0.3) is 5.91 Å². The van der Waals surface area contributed by atoms with Crippen molar-refractivity contribution in [1.82, 2.24) is 5.01 Å². The molecule has 0 fully saturated rings. The number of hydrogen-bond donors (Lipinski definition) is 1. The molecule has 0 bridgehead atoms. The quantitative estimate of drug-likeness (QED) is 0.472. The van der Waals surface area contributed by atoms with Crippen LogP contribution in [0.15, 0.2) is 82.9 Å². The maximum Gasteiger partial charge on any atom is 0.262 e. The Hall–Kier alpha value is -3.91. The van der Waals surface area contributed by atoms with Gasteiger partial charge in [-0.2, -0.15) is 10.1 Å². The first-order chi connectivity index (χ1) is 17.9. The van der Waals surface area contributed by atoms with Gasteiger partial charge in [-0.3, -0.25) is 9.59 Å². The van der Waals surface area contributed by atoms with Gasteiger partial charge < -0.3 is 10.1 Å². The van der Waals surface area contributed by atoms with Gasteiger partial charge in [-0.05, 0) is 37.1 Å². The van der Waals surface area contributed by atoms with E-state index in [1.54, 1.807) is 31.4 Å². The van der Waals surface area contributed by atoms with Crippen LogP contribution in [-0.4, -0.2) is 40.1 Å². The summed E-state index contributed by atoms with van der Waals surface area (Å²) in [5.74, 6) is 0.0755. The average Bonchev–Trinajstić information content (AvgIpc) is 3.49. The first-order valence-electron chi connectivity index (χ1n) is 12.1. The van der Waals surface area contributed by atoms with Gasteiger partial charge in [-0.15, -0.1) is 0 Å².